The number of hydrogen-bond donors (Lipinski definition) is 1. The van der Waals surface area contributed by atoms with Crippen LogP contribution in [0.1, 0.15) is 64.9 Å². The van der Waals surface area contributed by atoms with E-state index < -0.39 is 12.0 Å². The Bertz CT molecular complexity index is 568. The zero-order valence-corrected chi connectivity index (χ0v) is 14.9. The van der Waals surface area contributed by atoms with Gasteiger partial charge in [-0.15, -0.1) is 0 Å². The Hall–Kier alpha value is -1.71. The maximum Gasteiger partial charge on any atom is 0.326 e. The highest BCUT2D eigenvalue weighted by Crippen LogP contribution is 2.49. The number of carbonyl (C=O) groups is 1. The molecule has 1 aliphatic rings. The Morgan fingerprint density at radius 2 is 2.17 bits per heavy atom. The summed E-state index contributed by atoms with van der Waals surface area (Å²) in [4.78, 5) is 14.1. The Labute approximate surface area is 139 Å². The van der Waals surface area contributed by atoms with E-state index in [-0.39, 0.29) is 5.54 Å². The summed E-state index contributed by atoms with van der Waals surface area (Å²) in [5, 5.41) is 9.86. The minimum atomic E-state index is -0.752. The summed E-state index contributed by atoms with van der Waals surface area (Å²) in [5.74, 6) is 0.398. The Balaban J connectivity index is 2.60. The van der Waals surface area contributed by atoms with Gasteiger partial charge in [-0.2, -0.15) is 0 Å². The fourth-order valence-corrected chi connectivity index (χ4v) is 3.96. The summed E-state index contributed by atoms with van der Waals surface area (Å²) in [7, 11) is 1.65. The molecule has 1 N–H and O–H groups in total. The van der Waals surface area contributed by atoms with Crippen LogP contribution in [0.15, 0.2) is 18.2 Å². The molecule has 0 unspecified atom stereocenters. The SMILES string of the molecule is CCCC[C@H](C(=O)O)N1c2c(OC)cccc2[C@H](C)CC1(C)C. The van der Waals surface area contributed by atoms with Gasteiger partial charge in [0, 0.05) is 5.54 Å². The van der Waals surface area contributed by atoms with E-state index in [1.165, 1.54) is 5.56 Å². The normalized spacial score (nSPS) is 20.7. The van der Waals surface area contributed by atoms with Crippen molar-refractivity contribution in [3.05, 3.63) is 23.8 Å². The quantitative estimate of drug-likeness (QED) is 0.842. The van der Waals surface area contributed by atoms with Crippen LogP contribution >= 0.6 is 0 Å². The van der Waals surface area contributed by atoms with Crippen molar-refractivity contribution in [3.8, 4) is 5.75 Å². The van der Waals surface area contributed by atoms with Crippen molar-refractivity contribution < 1.29 is 14.6 Å². The third-order valence-electron chi connectivity index (χ3n) is 4.91. The van der Waals surface area contributed by atoms with E-state index in [9.17, 15) is 9.90 Å². The molecule has 0 bridgehead atoms. The van der Waals surface area contributed by atoms with Gasteiger partial charge in [0.2, 0.25) is 0 Å². The highest BCUT2D eigenvalue weighted by Gasteiger charge is 2.43. The molecule has 0 aromatic heterocycles. The molecule has 0 saturated carbocycles. The first-order chi connectivity index (χ1) is 10.8. The van der Waals surface area contributed by atoms with Crippen LogP contribution in [0.3, 0.4) is 0 Å². The topological polar surface area (TPSA) is 49.8 Å². The molecule has 1 aliphatic heterocycles. The van der Waals surface area contributed by atoms with E-state index in [0.717, 1.165) is 30.7 Å². The monoisotopic (exact) mass is 319 g/mol. The molecular weight excluding hydrogens is 290 g/mol. The van der Waals surface area contributed by atoms with E-state index >= 15 is 0 Å². The van der Waals surface area contributed by atoms with Crippen molar-refractivity contribution in [1.29, 1.82) is 0 Å². The van der Waals surface area contributed by atoms with Gasteiger partial charge in [0.15, 0.2) is 0 Å². The first kappa shape index (κ1) is 17.6. The van der Waals surface area contributed by atoms with Gasteiger partial charge < -0.3 is 14.7 Å². The number of nitrogens with zero attached hydrogens (tertiary/aromatic N) is 1. The van der Waals surface area contributed by atoms with Crippen molar-refractivity contribution in [1.82, 2.24) is 0 Å². The summed E-state index contributed by atoms with van der Waals surface area (Å²) in [6.07, 6.45) is 3.49. The number of hydrogen-bond acceptors (Lipinski definition) is 3. The second-order valence-corrected chi connectivity index (χ2v) is 7.18. The molecule has 0 fully saturated rings. The van der Waals surface area contributed by atoms with Gasteiger partial charge in [-0.25, -0.2) is 4.79 Å². The molecule has 0 radical (unpaired) electrons. The van der Waals surface area contributed by atoms with Gasteiger partial charge in [-0.05, 0) is 44.2 Å². The third kappa shape index (κ3) is 3.31. The molecule has 2 rings (SSSR count). The number of aliphatic carboxylic acids is 1. The maximum absolute atomic E-state index is 12.0. The van der Waals surface area contributed by atoms with Gasteiger partial charge in [-0.1, -0.05) is 38.8 Å². The van der Waals surface area contributed by atoms with Crippen molar-refractivity contribution >= 4 is 11.7 Å². The highest BCUT2D eigenvalue weighted by molar-refractivity contribution is 5.82. The van der Waals surface area contributed by atoms with Crippen LogP contribution in [0.2, 0.25) is 0 Å². The van der Waals surface area contributed by atoms with E-state index in [4.69, 9.17) is 4.74 Å². The lowest BCUT2D eigenvalue weighted by Crippen LogP contribution is -2.56. The summed E-state index contributed by atoms with van der Waals surface area (Å²) in [5.41, 5.74) is 1.92. The van der Waals surface area contributed by atoms with Gasteiger partial charge in [0.1, 0.15) is 11.8 Å². The summed E-state index contributed by atoms with van der Waals surface area (Å²) in [6.45, 7) is 8.58. The lowest BCUT2D eigenvalue weighted by atomic mass is 9.78. The Kier molecular flexibility index (Phi) is 5.23. The number of anilines is 1. The number of ether oxygens (including phenoxy) is 1. The predicted octanol–water partition coefficient (Wildman–Crippen LogP) is 4.43. The van der Waals surface area contributed by atoms with Gasteiger partial charge in [-0.3, -0.25) is 0 Å². The summed E-state index contributed by atoms with van der Waals surface area (Å²) >= 11 is 0. The molecule has 1 aromatic carbocycles. The standard InChI is InChI=1S/C19H29NO3/c1-6-7-10-15(18(21)22)20-17-14(9-8-11-16(17)23-5)13(2)12-19(20,3)4/h8-9,11,13,15H,6-7,10,12H2,1-5H3,(H,21,22)/t13-,15-/m1/s1. The number of unbranched alkanes of at least 4 members (excludes halogenated alkanes) is 1. The largest absolute Gasteiger partial charge is 0.495 e. The third-order valence-corrected chi connectivity index (χ3v) is 4.91. The zero-order chi connectivity index (χ0) is 17.2. The molecule has 128 valence electrons. The number of rotatable bonds is 6. The Morgan fingerprint density at radius 3 is 2.74 bits per heavy atom. The van der Waals surface area contributed by atoms with Crippen LogP contribution in [0.25, 0.3) is 0 Å². The molecule has 1 heterocycles. The second-order valence-electron chi connectivity index (χ2n) is 7.18. The minimum Gasteiger partial charge on any atom is -0.495 e. The molecule has 4 nitrogen and oxygen atoms in total. The van der Waals surface area contributed by atoms with Crippen molar-refractivity contribution in [2.24, 2.45) is 0 Å². The zero-order valence-electron chi connectivity index (χ0n) is 14.9. The lowest BCUT2D eigenvalue weighted by Gasteiger charge is -2.50. The molecule has 0 saturated heterocycles. The molecular formula is C19H29NO3. The van der Waals surface area contributed by atoms with Gasteiger partial charge in [0.25, 0.3) is 0 Å². The first-order valence-corrected chi connectivity index (χ1v) is 8.52. The van der Waals surface area contributed by atoms with Crippen LogP contribution in [-0.2, 0) is 4.79 Å². The number of benzene rings is 1. The smallest absolute Gasteiger partial charge is 0.326 e. The number of carboxylic acid groups (broad SMARTS) is 1. The average molecular weight is 319 g/mol. The van der Waals surface area contributed by atoms with E-state index in [1.54, 1.807) is 7.11 Å². The number of methoxy groups -OCH3 is 1. The first-order valence-electron chi connectivity index (χ1n) is 8.52. The summed E-state index contributed by atoms with van der Waals surface area (Å²) < 4.78 is 5.58. The molecule has 23 heavy (non-hydrogen) atoms. The van der Waals surface area contributed by atoms with Crippen LogP contribution < -0.4 is 9.64 Å². The highest BCUT2D eigenvalue weighted by atomic mass is 16.5. The molecule has 0 spiro atoms. The maximum atomic E-state index is 12.0. The van der Waals surface area contributed by atoms with Gasteiger partial charge >= 0.3 is 5.97 Å². The fraction of sp³-hybridized carbons (Fsp3) is 0.632. The van der Waals surface area contributed by atoms with Crippen LogP contribution in [0.4, 0.5) is 5.69 Å². The number of carboxylic acids is 1. The van der Waals surface area contributed by atoms with E-state index in [1.807, 2.05) is 12.1 Å². The van der Waals surface area contributed by atoms with Crippen molar-refractivity contribution in [3.63, 3.8) is 0 Å². The molecule has 1 aromatic rings. The van der Waals surface area contributed by atoms with Gasteiger partial charge in [0.05, 0.1) is 12.8 Å². The molecule has 4 heteroatoms. The number of fused-ring (bicyclic) bond motifs is 1. The van der Waals surface area contributed by atoms with Crippen LogP contribution in [0.5, 0.6) is 5.75 Å². The van der Waals surface area contributed by atoms with Crippen LogP contribution in [0, 0.1) is 0 Å². The second kappa shape index (κ2) is 6.81. The minimum absolute atomic E-state index is 0.224. The fourth-order valence-electron chi connectivity index (χ4n) is 3.96. The van der Waals surface area contributed by atoms with Crippen molar-refractivity contribution in [2.45, 2.75) is 70.9 Å². The van der Waals surface area contributed by atoms with E-state index in [2.05, 4.69) is 38.7 Å². The van der Waals surface area contributed by atoms with Crippen molar-refractivity contribution in [2.75, 3.05) is 12.0 Å². The summed E-state index contributed by atoms with van der Waals surface area (Å²) in [6, 6.07) is 5.50. The number of para-hydroxylation sites is 1. The Morgan fingerprint density at radius 1 is 1.48 bits per heavy atom. The average Bonchev–Trinajstić information content (AvgIpc) is 2.48. The van der Waals surface area contributed by atoms with Crippen LogP contribution in [-0.4, -0.2) is 29.8 Å². The predicted molar refractivity (Wildman–Crippen MR) is 93.5 cm³/mol. The molecule has 0 aliphatic carbocycles. The molecule has 2 atom stereocenters. The lowest BCUT2D eigenvalue weighted by molar-refractivity contribution is -0.139. The molecule has 0 amide bonds. The van der Waals surface area contributed by atoms with E-state index in [0.29, 0.717) is 12.3 Å².